The summed E-state index contributed by atoms with van der Waals surface area (Å²) in [6, 6.07) is 0.945. The van der Waals surface area contributed by atoms with Gasteiger partial charge in [-0.2, -0.15) is 0 Å². The molecule has 0 aromatic rings. The molecule has 0 aromatic heterocycles. The summed E-state index contributed by atoms with van der Waals surface area (Å²) < 4.78 is 18.0. The summed E-state index contributed by atoms with van der Waals surface area (Å²) in [6.07, 6.45) is 4.85. The van der Waals surface area contributed by atoms with E-state index in [0.29, 0.717) is 19.8 Å². The van der Waals surface area contributed by atoms with E-state index in [0.717, 1.165) is 25.1 Å². The fraction of sp³-hybridized carbons (Fsp3) is 1.00. The lowest BCUT2D eigenvalue weighted by Crippen LogP contribution is -2.50. The molecule has 0 N–H and O–H groups in total. The topological polar surface area (TPSA) is 34.2 Å². The van der Waals surface area contributed by atoms with Gasteiger partial charge in [-0.1, -0.05) is 13.8 Å². The Bertz CT molecular complexity index is 303. The van der Waals surface area contributed by atoms with Gasteiger partial charge in [0.2, 0.25) is 0 Å². The predicted molar refractivity (Wildman–Crippen MR) is 107 cm³/mol. The molecule has 0 aromatic carbocycles. The van der Waals surface area contributed by atoms with Crippen LogP contribution in [-0.4, -0.2) is 71.3 Å². The third kappa shape index (κ3) is 8.50. The molecule has 0 unspecified atom stereocenters. The van der Waals surface area contributed by atoms with E-state index in [1.165, 1.54) is 45.4 Å². The Balaban J connectivity index is 2.54. The molecule has 25 heavy (non-hydrogen) atoms. The van der Waals surface area contributed by atoms with E-state index in [2.05, 4.69) is 23.6 Å². The molecule has 150 valence electrons. The number of hydrogen-bond donors (Lipinski definition) is 0. The number of hydrogen-bond acceptors (Lipinski definition) is 5. The van der Waals surface area contributed by atoms with E-state index in [4.69, 9.17) is 13.3 Å². The third-order valence-electron chi connectivity index (χ3n) is 4.70. The maximum Gasteiger partial charge on any atom is 0.500 e. The fourth-order valence-corrected chi connectivity index (χ4v) is 6.57. The minimum atomic E-state index is -2.47. The maximum atomic E-state index is 5.99. The molecule has 1 heterocycles. The van der Waals surface area contributed by atoms with Gasteiger partial charge in [0.25, 0.3) is 0 Å². The summed E-state index contributed by atoms with van der Waals surface area (Å²) in [6.45, 7) is 18.7. The van der Waals surface area contributed by atoms with Gasteiger partial charge in [0, 0.05) is 39.0 Å². The first-order chi connectivity index (χ1) is 12.1. The van der Waals surface area contributed by atoms with E-state index in [1.54, 1.807) is 0 Å². The van der Waals surface area contributed by atoms with Gasteiger partial charge in [-0.25, -0.2) is 0 Å². The summed E-state index contributed by atoms with van der Waals surface area (Å²) in [5.74, 6) is 0.753. The van der Waals surface area contributed by atoms with Crippen LogP contribution in [0, 0.1) is 5.92 Å². The molecule has 0 amide bonds. The SMILES string of the molecule is CCCN1CC(CCC[Si](OCC)(OCC)OCC)CN(CCC)C1. The van der Waals surface area contributed by atoms with Gasteiger partial charge in [0.1, 0.15) is 0 Å². The average Bonchev–Trinajstić information content (AvgIpc) is 2.56. The molecular weight excluding hydrogens is 332 g/mol. The van der Waals surface area contributed by atoms with Gasteiger partial charge in [-0.15, -0.1) is 0 Å². The molecule has 0 radical (unpaired) electrons. The van der Waals surface area contributed by atoms with Gasteiger partial charge in [-0.3, -0.25) is 9.80 Å². The van der Waals surface area contributed by atoms with Crippen molar-refractivity contribution in [2.45, 2.75) is 66.3 Å². The Morgan fingerprint density at radius 2 is 1.28 bits per heavy atom. The second-order valence-electron chi connectivity index (χ2n) is 7.04. The molecule has 0 spiro atoms. The van der Waals surface area contributed by atoms with Gasteiger partial charge < -0.3 is 13.3 Å². The van der Waals surface area contributed by atoms with Crippen LogP contribution in [0.5, 0.6) is 0 Å². The van der Waals surface area contributed by atoms with Crippen molar-refractivity contribution in [1.82, 2.24) is 9.80 Å². The van der Waals surface area contributed by atoms with Gasteiger partial charge in [0.15, 0.2) is 0 Å². The van der Waals surface area contributed by atoms with Crippen molar-refractivity contribution in [3.63, 3.8) is 0 Å². The lowest BCUT2D eigenvalue weighted by atomic mass is 10.00. The van der Waals surface area contributed by atoms with Crippen molar-refractivity contribution in [2.24, 2.45) is 5.92 Å². The molecule has 1 rings (SSSR count). The highest BCUT2D eigenvalue weighted by atomic mass is 28.4. The first-order valence-electron chi connectivity index (χ1n) is 10.5. The molecule has 0 bridgehead atoms. The van der Waals surface area contributed by atoms with Crippen molar-refractivity contribution < 1.29 is 13.3 Å². The molecule has 5 nitrogen and oxygen atoms in total. The lowest BCUT2D eigenvalue weighted by molar-refractivity contribution is 0.0427. The molecule has 1 aliphatic heterocycles. The van der Waals surface area contributed by atoms with E-state index in [9.17, 15) is 0 Å². The van der Waals surface area contributed by atoms with Gasteiger partial charge >= 0.3 is 8.80 Å². The zero-order valence-electron chi connectivity index (χ0n) is 17.4. The molecule has 1 saturated heterocycles. The molecule has 1 fully saturated rings. The van der Waals surface area contributed by atoms with Crippen molar-refractivity contribution in [3.05, 3.63) is 0 Å². The smallest absolute Gasteiger partial charge is 0.374 e. The Labute approximate surface area is 157 Å². The summed E-state index contributed by atoms with van der Waals surface area (Å²) in [7, 11) is -2.47. The average molecular weight is 375 g/mol. The van der Waals surface area contributed by atoms with Crippen LogP contribution in [-0.2, 0) is 13.3 Å². The highest BCUT2D eigenvalue weighted by molar-refractivity contribution is 6.60. The monoisotopic (exact) mass is 374 g/mol. The molecule has 6 heteroatoms. The summed E-state index contributed by atoms with van der Waals surface area (Å²) in [5, 5.41) is 0. The largest absolute Gasteiger partial charge is 0.500 e. The zero-order valence-corrected chi connectivity index (χ0v) is 18.4. The minimum absolute atomic E-state index is 0.671. The van der Waals surface area contributed by atoms with E-state index >= 15 is 0 Å². The predicted octanol–water partition coefficient (Wildman–Crippen LogP) is 3.83. The van der Waals surface area contributed by atoms with Crippen molar-refractivity contribution in [3.8, 4) is 0 Å². The van der Waals surface area contributed by atoms with E-state index in [1.807, 2.05) is 20.8 Å². The Morgan fingerprint density at radius 3 is 1.68 bits per heavy atom. The highest BCUT2D eigenvalue weighted by Gasteiger charge is 2.40. The summed E-state index contributed by atoms with van der Waals surface area (Å²) >= 11 is 0. The van der Waals surface area contributed by atoms with Crippen LogP contribution < -0.4 is 0 Å². The molecule has 0 saturated carbocycles. The first-order valence-corrected chi connectivity index (χ1v) is 12.4. The Hall–Kier alpha value is 0.0169. The number of rotatable bonds is 14. The van der Waals surface area contributed by atoms with Crippen LogP contribution in [0.15, 0.2) is 0 Å². The normalized spacial score (nSPS) is 18.1. The van der Waals surface area contributed by atoms with Crippen molar-refractivity contribution >= 4 is 8.80 Å². The van der Waals surface area contributed by atoms with Gasteiger partial charge in [-0.05, 0) is 65.5 Å². The Morgan fingerprint density at radius 1 is 0.800 bits per heavy atom. The van der Waals surface area contributed by atoms with Crippen LogP contribution in [0.3, 0.4) is 0 Å². The maximum absolute atomic E-state index is 5.99. The quantitative estimate of drug-likeness (QED) is 0.432. The third-order valence-corrected chi connectivity index (χ3v) is 7.85. The van der Waals surface area contributed by atoms with Crippen LogP contribution in [0.4, 0.5) is 0 Å². The van der Waals surface area contributed by atoms with Crippen molar-refractivity contribution in [2.75, 3.05) is 52.7 Å². The molecule has 0 aliphatic carbocycles. The zero-order chi connectivity index (χ0) is 18.5. The highest BCUT2D eigenvalue weighted by Crippen LogP contribution is 2.24. The summed E-state index contributed by atoms with van der Waals surface area (Å²) in [5.41, 5.74) is 0. The van der Waals surface area contributed by atoms with Crippen LogP contribution in [0.25, 0.3) is 0 Å². The second-order valence-corrected chi connectivity index (χ2v) is 9.77. The van der Waals surface area contributed by atoms with Crippen LogP contribution in [0.1, 0.15) is 60.3 Å². The Kier molecular flexibility index (Phi) is 12.2. The van der Waals surface area contributed by atoms with E-state index < -0.39 is 8.80 Å². The van der Waals surface area contributed by atoms with Crippen LogP contribution >= 0.6 is 0 Å². The molecular formula is C19H42N2O3Si. The van der Waals surface area contributed by atoms with E-state index in [-0.39, 0.29) is 0 Å². The summed E-state index contributed by atoms with van der Waals surface area (Å²) in [4.78, 5) is 5.25. The lowest BCUT2D eigenvalue weighted by Gasteiger charge is -2.40. The molecule has 0 atom stereocenters. The standard InChI is InChI=1S/C19H42N2O3Si/c1-6-13-20-16-19(17-21(18-20)14-7-2)12-11-15-25(22-8-3,23-9-4)24-10-5/h19H,6-18H2,1-5H3. The molecule has 1 aliphatic rings. The van der Waals surface area contributed by atoms with Crippen molar-refractivity contribution in [1.29, 1.82) is 0 Å². The minimum Gasteiger partial charge on any atom is -0.374 e. The second kappa shape index (κ2) is 13.2. The van der Waals surface area contributed by atoms with Crippen LogP contribution in [0.2, 0.25) is 6.04 Å². The fourth-order valence-electron chi connectivity index (χ4n) is 3.93. The van der Waals surface area contributed by atoms with Gasteiger partial charge in [0.05, 0.1) is 6.67 Å². The number of nitrogens with zero attached hydrogens (tertiary/aromatic N) is 2. The first kappa shape index (κ1) is 23.1.